The third kappa shape index (κ3) is 7.32. The minimum absolute atomic E-state index is 0.0620. The van der Waals surface area contributed by atoms with E-state index in [2.05, 4.69) is 6.58 Å². The van der Waals surface area contributed by atoms with Gasteiger partial charge in [-0.2, -0.15) is 0 Å². The van der Waals surface area contributed by atoms with Gasteiger partial charge in [-0.1, -0.05) is 31.7 Å². The molecule has 0 rings (SSSR count). The zero-order valence-electron chi connectivity index (χ0n) is 8.45. The molecule has 0 bridgehead atoms. The van der Waals surface area contributed by atoms with E-state index in [-0.39, 0.29) is 12.1 Å². The van der Waals surface area contributed by atoms with Gasteiger partial charge in [-0.05, 0) is 19.3 Å². The normalized spacial score (nSPS) is 12.8. The van der Waals surface area contributed by atoms with Crippen molar-refractivity contribution in [2.45, 2.75) is 39.2 Å². The molecule has 0 radical (unpaired) electrons. The van der Waals surface area contributed by atoms with Crippen LogP contribution in [-0.2, 0) is 9.53 Å². The highest BCUT2D eigenvalue weighted by Crippen LogP contribution is 2.07. The molecule has 0 saturated heterocycles. The lowest BCUT2D eigenvalue weighted by molar-refractivity contribution is -0.146. The van der Waals surface area contributed by atoms with Crippen LogP contribution in [0.25, 0.3) is 0 Å². The van der Waals surface area contributed by atoms with E-state index in [0.29, 0.717) is 0 Å². The van der Waals surface area contributed by atoms with Crippen LogP contribution >= 0.6 is 0 Å². The summed E-state index contributed by atoms with van der Waals surface area (Å²) in [6, 6.07) is 0. The van der Waals surface area contributed by atoms with Crippen LogP contribution in [0.2, 0.25) is 0 Å². The maximum atomic E-state index is 10.6. The van der Waals surface area contributed by atoms with Gasteiger partial charge >= 0.3 is 5.97 Å². The molecule has 2 nitrogen and oxygen atoms in total. The predicted octanol–water partition coefficient (Wildman–Crippen LogP) is 2.85. The van der Waals surface area contributed by atoms with Crippen molar-refractivity contribution < 1.29 is 9.53 Å². The molecule has 0 fully saturated rings. The van der Waals surface area contributed by atoms with Gasteiger partial charge in [0.2, 0.25) is 0 Å². The quantitative estimate of drug-likeness (QED) is 0.466. The van der Waals surface area contributed by atoms with Gasteiger partial charge in [0.25, 0.3) is 0 Å². The van der Waals surface area contributed by atoms with Gasteiger partial charge < -0.3 is 4.74 Å². The average molecular weight is 182 g/mol. The summed E-state index contributed by atoms with van der Waals surface area (Å²) in [4.78, 5) is 10.6. The second kappa shape index (κ2) is 7.59. The van der Waals surface area contributed by atoms with Crippen LogP contribution in [0.5, 0.6) is 0 Å². The smallest absolute Gasteiger partial charge is 0.302 e. The molecule has 0 saturated carbocycles. The number of carbonyl (C=O) groups is 1. The van der Waals surface area contributed by atoms with E-state index in [1.54, 1.807) is 6.08 Å². The molecule has 1 unspecified atom stereocenters. The molecule has 0 heterocycles. The largest absolute Gasteiger partial charge is 0.463 e. The van der Waals surface area contributed by atoms with Crippen molar-refractivity contribution in [1.29, 1.82) is 0 Å². The molecular formula is C11H18O2. The summed E-state index contributed by atoms with van der Waals surface area (Å²) in [7, 11) is 0. The predicted molar refractivity (Wildman–Crippen MR) is 54.4 cm³/mol. The van der Waals surface area contributed by atoms with Crippen molar-refractivity contribution in [1.82, 2.24) is 0 Å². The van der Waals surface area contributed by atoms with Crippen LogP contribution in [0.1, 0.15) is 33.1 Å². The Hall–Kier alpha value is -1.05. The maximum Gasteiger partial charge on any atom is 0.302 e. The van der Waals surface area contributed by atoms with E-state index in [1.165, 1.54) is 6.92 Å². The summed E-state index contributed by atoms with van der Waals surface area (Å²) in [6.45, 7) is 7.04. The third-order valence-corrected chi connectivity index (χ3v) is 1.72. The average Bonchev–Trinajstić information content (AvgIpc) is 2.09. The Bertz CT molecular complexity index is 183. The number of hydrogen-bond acceptors (Lipinski definition) is 2. The van der Waals surface area contributed by atoms with E-state index >= 15 is 0 Å². The molecule has 0 aliphatic heterocycles. The summed E-state index contributed by atoms with van der Waals surface area (Å²) in [5.74, 6) is -0.195. The molecular weight excluding hydrogens is 164 g/mol. The second-order valence-corrected chi connectivity index (χ2v) is 2.88. The molecule has 1 atom stereocenters. The zero-order chi connectivity index (χ0) is 10.1. The Morgan fingerprint density at radius 3 is 2.77 bits per heavy atom. The molecule has 0 aromatic carbocycles. The van der Waals surface area contributed by atoms with Gasteiger partial charge in [-0.25, -0.2) is 0 Å². The first-order valence-corrected chi connectivity index (χ1v) is 4.65. The number of carbonyl (C=O) groups excluding carboxylic acids is 1. The first-order chi connectivity index (χ1) is 6.20. The van der Waals surface area contributed by atoms with Gasteiger partial charge in [-0.15, -0.1) is 0 Å². The Labute approximate surface area is 80.3 Å². The number of rotatable bonds is 6. The molecule has 0 spiro atoms. The van der Waals surface area contributed by atoms with Gasteiger partial charge in [0.15, 0.2) is 0 Å². The number of allylic oxidation sites excluding steroid dienone is 3. The Balaban J connectivity index is 3.65. The lowest BCUT2D eigenvalue weighted by atomic mass is 10.1. The topological polar surface area (TPSA) is 26.3 Å². The van der Waals surface area contributed by atoms with Gasteiger partial charge in [0, 0.05) is 6.92 Å². The molecule has 0 aromatic heterocycles. The van der Waals surface area contributed by atoms with E-state index < -0.39 is 0 Å². The number of ether oxygens (including phenoxy) is 1. The molecule has 0 aromatic rings. The first-order valence-electron chi connectivity index (χ1n) is 4.65. The SMILES string of the molecule is C=C/C=C/CCC(CC)OC(C)=O. The molecule has 2 heteroatoms. The van der Waals surface area contributed by atoms with Crippen LogP contribution in [0.15, 0.2) is 24.8 Å². The van der Waals surface area contributed by atoms with Crippen LogP contribution in [-0.4, -0.2) is 12.1 Å². The van der Waals surface area contributed by atoms with Gasteiger partial charge in [0.05, 0.1) is 0 Å². The zero-order valence-corrected chi connectivity index (χ0v) is 8.45. The Morgan fingerprint density at radius 2 is 2.31 bits per heavy atom. The molecule has 0 aliphatic carbocycles. The van der Waals surface area contributed by atoms with Crippen molar-refractivity contribution >= 4 is 5.97 Å². The van der Waals surface area contributed by atoms with Crippen molar-refractivity contribution in [2.75, 3.05) is 0 Å². The van der Waals surface area contributed by atoms with Crippen molar-refractivity contribution in [3.8, 4) is 0 Å². The lowest BCUT2D eigenvalue weighted by Gasteiger charge is -2.13. The molecule has 0 aliphatic rings. The van der Waals surface area contributed by atoms with Gasteiger partial charge in [0.1, 0.15) is 6.10 Å². The first kappa shape index (κ1) is 11.9. The summed E-state index contributed by atoms with van der Waals surface area (Å²) in [5.41, 5.74) is 0. The van der Waals surface area contributed by atoms with Gasteiger partial charge in [-0.3, -0.25) is 4.79 Å². The van der Waals surface area contributed by atoms with Crippen LogP contribution in [0, 0.1) is 0 Å². The fourth-order valence-electron chi connectivity index (χ4n) is 1.06. The second-order valence-electron chi connectivity index (χ2n) is 2.88. The maximum absolute atomic E-state index is 10.6. The fourth-order valence-corrected chi connectivity index (χ4v) is 1.06. The summed E-state index contributed by atoms with van der Waals surface area (Å²) in [5, 5.41) is 0. The van der Waals surface area contributed by atoms with E-state index in [9.17, 15) is 4.79 Å². The van der Waals surface area contributed by atoms with Crippen molar-refractivity contribution in [3.63, 3.8) is 0 Å². The van der Waals surface area contributed by atoms with Crippen molar-refractivity contribution in [3.05, 3.63) is 24.8 Å². The van der Waals surface area contributed by atoms with E-state index in [1.807, 2.05) is 19.1 Å². The summed E-state index contributed by atoms with van der Waals surface area (Å²) < 4.78 is 5.08. The lowest BCUT2D eigenvalue weighted by Crippen LogP contribution is -2.14. The van der Waals surface area contributed by atoms with Crippen molar-refractivity contribution in [2.24, 2.45) is 0 Å². The van der Waals surface area contributed by atoms with Crippen LogP contribution in [0.3, 0.4) is 0 Å². The van der Waals surface area contributed by atoms with E-state index in [0.717, 1.165) is 19.3 Å². The number of esters is 1. The Kier molecular flexibility index (Phi) is 6.98. The summed E-state index contributed by atoms with van der Waals surface area (Å²) >= 11 is 0. The standard InChI is InChI=1S/C11H18O2/c1-4-6-7-8-9-11(5-2)13-10(3)12/h4,6-7,11H,1,5,8-9H2,2-3H3/b7-6+. The Morgan fingerprint density at radius 1 is 1.62 bits per heavy atom. The fraction of sp³-hybridized carbons (Fsp3) is 0.545. The van der Waals surface area contributed by atoms with Crippen LogP contribution in [0.4, 0.5) is 0 Å². The van der Waals surface area contributed by atoms with Crippen LogP contribution < -0.4 is 0 Å². The molecule has 74 valence electrons. The highest BCUT2D eigenvalue weighted by molar-refractivity contribution is 5.66. The molecule has 13 heavy (non-hydrogen) atoms. The monoisotopic (exact) mass is 182 g/mol. The molecule has 0 amide bonds. The minimum Gasteiger partial charge on any atom is -0.463 e. The number of hydrogen-bond donors (Lipinski definition) is 0. The highest BCUT2D eigenvalue weighted by Gasteiger charge is 2.07. The minimum atomic E-state index is -0.195. The molecule has 0 N–H and O–H groups in total. The van der Waals surface area contributed by atoms with E-state index in [4.69, 9.17) is 4.74 Å². The summed E-state index contributed by atoms with van der Waals surface area (Å²) in [6.07, 6.45) is 8.43. The third-order valence-electron chi connectivity index (χ3n) is 1.72. The highest BCUT2D eigenvalue weighted by atomic mass is 16.5.